The molecule has 0 atom stereocenters. The first-order valence-corrected chi connectivity index (χ1v) is 8.12. The van der Waals surface area contributed by atoms with Crippen molar-refractivity contribution in [2.75, 3.05) is 13.6 Å². The first-order valence-electron chi connectivity index (χ1n) is 8.12. The summed E-state index contributed by atoms with van der Waals surface area (Å²) in [4.78, 5) is 6.52. The van der Waals surface area contributed by atoms with Crippen LogP contribution < -0.4 is 0 Å². The zero-order chi connectivity index (χ0) is 15.8. The summed E-state index contributed by atoms with van der Waals surface area (Å²) in [5.41, 5.74) is 6.72. The van der Waals surface area contributed by atoms with E-state index in [1.165, 1.54) is 33.3 Å². The monoisotopic (exact) mass is 303 g/mol. The number of aromatic nitrogens is 2. The summed E-state index contributed by atoms with van der Waals surface area (Å²) in [6.45, 7) is 4.32. The highest BCUT2D eigenvalue weighted by molar-refractivity contribution is 5.89. The van der Waals surface area contributed by atoms with Gasteiger partial charge in [0.05, 0.1) is 5.52 Å². The van der Waals surface area contributed by atoms with E-state index in [-0.39, 0.29) is 0 Å². The lowest BCUT2D eigenvalue weighted by molar-refractivity contribution is 0.312. The third-order valence-electron chi connectivity index (χ3n) is 4.74. The predicted octanol–water partition coefficient (Wildman–Crippen LogP) is 4.04. The molecule has 3 heterocycles. The molecular weight excluding hydrogens is 282 g/mol. The topological polar surface area (TPSA) is 21.1 Å². The quantitative estimate of drug-likeness (QED) is 0.712. The molecule has 3 aromatic rings. The molecule has 0 aliphatic carbocycles. The molecule has 0 amide bonds. The Hall–Kier alpha value is -2.39. The lowest BCUT2D eigenvalue weighted by Gasteiger charge is -2.23. The highest BCUT2D eigenvalue weighted by Gasteiger charge is 2.21. The average molecular weight is 303 g/mol. The second-order valence-electron chi connectivity index (χ2n) is 6.35. The van der Waals surface area contributed by atoms with Gasteiger partial charge in [0.25, 0.3) is 0 Å². The van der Waals surface area contributed by atoms with Crippen LogP contribution in [0.1, 0.15) is 23.7 Å². The zero-order valence-corrected chi connectivity index (χ0v) is 13.7. The number of likely N-dealkylation sites (N-methyl/N-ethyl adjacent to an activating group) is 1. The second kappa shape index (κ2) is 5.67. The Bertz CT molecular complexity index is 875. The fourth-order valence-electron chi connectivity index (χ4n) is 3.51. The van der Waals surface area contributed by atoms with Crippen LogP contribution in [0, 0.1) is 0 Å². The van der Waals surface area contributed by atoms with Gasteiger partial charge in [0, 0.05) is 49.2 Å². The van der Waals surface area contributed by atoms with Crippen LogP contribution in [-0.4, -0.2) is 28.0 Å². The van der Waals surface area contributed by atoms with Crippen molar-refractivity contribution in [1.29, 1.82) is 0 Å². The molecule has 0 fully saturated rings. The van der Waals surface area contributed by atoms with Crippen molar-refractivity contribution in [1.82, 2.24) is 14.5 Å². The molecule has 2 aromatic heterocycles. The number of hydrogen-bond acceptors (Lipinski definition) is 2. The van der Waals surface area contributed by atoms with E-state index in [4.69, 9.17) is 0 Å². The minimum absolute atomic E-state index is 1.03. The standard InChI is InChI=1S/C20H21N3/c1-15(16-7-10-21-11-8-16)13-23-19-6-4-3-5-17(19)18-14-22(2)12-9-20(18)23/h3-8,10-11,13H,9,12,14H2,1-2H3/b15-13-. The molecule has 0 spiro atoms. The second-order valence-corrected chi connectivity index (χ2v) is 6.35. The van der Waals surface area contributed by atoms with E-state index in [9.17, 15) is 0 Å². The van der Waals surface area contributed by atoms with Crippen LogP contribution in [0.4, 0.5) is 0 Å². The smallest absolute Gasteiger partial charge is 0.0528 e. The number of allylic oxidation sites excluding steroid dienone is 1. The molecule has 0 bridgehead atoms. The van der Waals surface area contributed by atoms with Crippen molar-refractivity contribution in [2.45, 2.75) is 19.9 Å². The molecule has 4 rings (SSSR count). The lowest BCUT2D eigenvalue weighted by atomic mass is 10.1. The number of rotatable bonds is 2. The van der Waals surface area contributed by atoms with Crippen molar-refractivity contribution in [3.8, 4) is 0 Å². The van der Waals surface area contributed by atoms with E-state index in [2.05, 4.69) is 71.0 Å². The van der Waals surface area contributed by atoms with Gasteiger partial charge >= 0.3 is 0 Å². The Morgan fingerprint density at radius 1 is 1.13 bits per heavy atom. The number of hydrogen-bond donors (Lipinski definition) is 0. The molecule has 116 valence electrons. The summed E-state index contributed by atoms with van der Waals surface area (Å²) < 4.78 is 2.40. The minimum atomic E-state index is 1.03. The molecular formula is C20H21N3. The normalized spacial score (nSPS) is 15.8. The number of fused-ring (bicyclic) bond motifs is 3. The van der Waals surface area contributed by atoms with Crippen LogP contribution in [0.25, 0.3) is 22.7 Å². The number of nitrogens with zero attached hydrogens (tertiary/aromatic N) is 3. The third-order valence-corrected chi connectivity index (χ3v) is 4.74. The van der Waals surface area contributed by atoms with Gasteiger partial charge in [0.2, 0.25) is 0 Å². The maximum Gasteiger partial charge on any atom is 0.0528 e. The first-order chi connectivity index (χ1) is 11.2. The summed E-state index contributed by atoms with van der Waals surface area (Å²) in [6, 6.07) is 12.9. The molecule has 23 heavy (non-hydrogen) atoms. The molecule has 1 aliphatic rings. The fraction of sp³-hybridized carbons (Fsp3) is 0.250. The van der Waals surface area contributed by atoms with E-state index in [1.807, 2.05) is 12.4 Å². The van der Waals surface area contributed by atoms with Gasteiger partial charge in [0.15, 0.2) is 0 Å². The van der Waals surface area contributed by atoms with Crippen molar-refractivity contribution < 1.29 is 0 Å². The minimum Gasteiger partial charge on any atom is -0.320 e. The number of pyridine rings is 1. The Morgan fingerprint density at radius 3 is 2.74 bits per heavy atom. The fourth-order valence-corrected chi connectivity index (χ4v) is 3.51. The van der Waals surface area contributed by atoms with Gasteiger partial charge in [-0.15, -0.1) is 0 Å². The van der Waals surface area contributed by atoms with E-state index in [0.717, 1.165) is 19.5 Å². The van der Waals surface area contributed by atoms with Crippen LogP contribution in [0.15, 0.2) is 48.8 Å². The maximum absolute atomic E-state index is 4.11. The first kappa shape index (κ1) is 14.2. The Kier molecular flexibility index (Phi) is 3.50. The SMILES string of the molecule is C/C(=C/n1c2c(c3ccccc31)CN(C)CC2)c1ccncc1. The van der Waals surface area contributed by atoms with Gasteiger partial charge in [-0.3, -0.25) is 4.98 Å². The summed E-state index contributed by atoms with van der Waals surface area (Å²) in [7, 11) is 2.20. The lowest BCUT2D eigenvalue weighted by Crippen LogP contribution is -2.26. The van der Waals surface area contributed by atoms with Crippen LogP contribution >= 0.6 is 0 Å². The van der Waals surface area contributed by atoms with E-state index in [0.29, 0.717) is 0 Å². The van der Waals surface area contributed by atoms with Crippen molar-refractivity contribution in [2.24, 2.45) is 0 Å². The molecule has 3 nitrogen and oxygen atoms in total. The van der Waals surface area contributed by atoms with Crippen LogP contribution in [0.3, 0.4) is 0 Å². The van der Waals surface area contributed by atoms with Gasteiger partial charge in [0.1, 0.15) is 0 Å². The number of para-hydroxylation sites is 1. The van der Waals surface area contributed by atoms with Crippen LogP contribution in [0.2, 0.25) is 0 Å². The molecule has 3 heteroatoms. The van der Waals surface area contributed by atoms with Crippen LogP contribution in [0.5, 0.6) is 0 Å². The van der Waals surface area contributed by atoms with Crippen molar-refractivity contribution in [3.05, 3.63) is 65.6 Å². The average Bonchev–Trinajstić information content (AvgIpc) is 2.89. The molecule has 1 aromatic carbocycles. The van der Waals surface area contributed by atoms with Gasteiger partial charge in [-0.1, -0.05) is 18.2 Å². The highest BCUT2D eigenvalue weighted by Crippen LogP contribution is 2.31. The molecule has 1 aliphatic heterocycles. The van der Waals surface area contributed by atoms with Gasteiger partial charge < -0.3 is 9.47 Å². The maximum atomic E-state index is 4.11. The van der Waals surface area contributed by atoms with Crippen LogP contribution in [-0.2, 0) is 13.0 Å². The van der Waals surface area contributed by atoms with Gasteiger partial charge in [-0.2, -0.15) is 0 Å². The molecule has 0 saturated carbocycles. The molecule has 0 N–H and O–H groups in total. The Labute approximate surface area is 136 Å². The Morgan fingerprint density at radius 2 is 1.91 bits per heavy atom. The van der Waals surface area contributed by atoms with E-state index >= 15 is 0 Å². The summed E-state index contributed by atoms with van der Waals surface area (Å²) in [5.74, 6) is 0. The molecule has 0 saturated heterocycles. The van der Waals surface area contributed by atoms with Crippen molar-refractivity contribution in [3.63, 3.8) is 0 Å². The van der Waals surface area contributed by atoms with Crippen molar-refractivity contribution >= 4 is 22.7 Å². The Balaban J connectivity index is 1.90. The molecule has 0 radical (unpaired) electrons. The zero-order valence-electron chi connectivity index (χ0n) is 13.7. The van der Waals surface area contributed by atoms with E-state index in [1.54, 1.807) is 0 Å². The predicted molar refractivity (Wildman–Crippen MR) is 96.1 cm³/mol. The number of benzene rings is 1. The highest BCUT2D eigenvalue weighted by atomic mass is 15.1. The summed E-state index contributed by atoms with van der Waals surface area (Å²) in [6.07, 6.45) is 7.08. The van der Waals surface area contributed by atoms with Gasteiger partial charge in [-0.25, -0.2) is 0 Å². The third kappa shape index (κ3) is 2.47. The molecule has 0 unspecified atom stereocenters. The largest absolute Gasteiger partial charge is 0.320 e. The summed E-state index contributed by atoms with van der Waals surface area (Å²) in [5, 5.41) is 1.38. The van der Waals surface area contributed by atoms with Gasteiger partial charge in [-0.05, 0) is 48.9 Å². The van der Waals surface area contributed by atoms with E-state index < -0.39 is 0 Å². The summed E-state index contributed by atoms with van der Waals surface area (Å²) >= 11 is 0.